The number of hydrogen-bond acceptors (Lipinski definition) is 5. The van der Waals surface area contributed by atoms with Crippen LogP contribution in [0.3, 0.4) is 0 Å². The van der Waals surface area contributed by atoms with Gasteiger partial charge in [0.15, 0.2) is 11.5 Å². The Morgan fingerprint density at radius 2 is 1.58 bits per heavy atom. The zero-order chi connectivity index (χ0) is 22.2. The zero-order valence-electron chi connectivity index (χ0n) is 17.4. The third kappa shape index (κ3) is 3.75. The van der Waals surface area contributed by atoms with Crippen LogP contribution in [0.4, 0.5) is 0 Å². The number of aromatic nitrogens is 1. The second kappa shape index (κ2) is 8.45. The molecule has 2 heterocycles. The molecule has 1 aliphatic heterocycles. The lowest BCUT2D eigenvalue weighted by molar-refractivity contribution is 0.293. The first-order valence-corrected chi connectivity index (χ1v) is 11.4. The van der Waals surface area contributed by atoms with E-state index in [9.17, 15) is 8.42 Å². The Hall–Kier alpha value is -2.68. The maximum Gasteiger partial charge on any atom is 0.244 e. The normalized spacial score (nSPS) is 16.6. The monoisotopic (exact) mass is 462 g/mol. The van der Waals surface area contributed by atoms with Crippen LogP contribution in [0.1, 0.15) is 17.3 Å². The molecule has 1 aliphatic rings. The Bertz CT molecular complexity index is 1170. The first kappa shape index (κ1) is 21.5. The summed E-state index contributed by atoms with van der Waals surface area (Å²) in [6, 6.07) is 13.1. The van der Waals surface area contributed by atoms with Gasteiger partial charge in [0.25, 0.3) is 0 Å². The SMILES string of the molecule is COc1cc(C2c3cccn3CCN2S(=O)(=O)c2ccc(Cl)cc2)cc(OC)c1OC. The van der Waals surface area contributed by atoms with Gasteiger partial charge in [0.1, 0.15) is 0 Å². The highest BCUT2D eigenvalue weighted by atomic mass is 35.5. The number of rotatable bonds is 6. The molecule has 9 heteroatoms. The predicted molar refractivity (Wildman–Crippen MR) is 118 cm³/mol. The summed E-state index contributed by atoms with van der Waals surface area (Å²) in [7, 11) is 0.797. The van der Waals surface area contributed by atoms with Gasteiger partial charge in [-0.25, -0.2) is 8.42 Å². The molecule has 0 spiro atoms. The van der Waals surface area contributed by atoms with Gasteiger partial charge in [0.05, 0.1) is 32.3 Å². The fraction of sp³-hybridized carbons (Fsp3) is 0.273. The minimum Gasteiger partial charge on any atom is -0.493 e. The van der Waals surface area contributed by atoms with Crippen molar-refractivity contribution < 1.29 is 22.6 Å². The van der Waals surface area contributed by atoms with Crippen LogP contribution in [0, 0.1) is 0 Å². The highest BCUT2D eigenvalue weighted by Gasteiger charge is 2.38. The van der Waals surface area contributed by atoms with Crippen LogP contribution in [-0.4, -0.2) is 45.2 Å². The topological polar surface area (TPSA) is 70.0 Å². The third-order valence-corrected chi connectivity index (χ3v) is 7.55. The number of ether oxygens (including phenoxy) is 3. The van der Waals surface area contributed by atoms with E-state index < -0.39 is 16.1 Å². The molecule has 3 aromatic rings. The van der Waals surface area contributed by atoms with Gasteiger partial charge in [0.2, 0.25) is 15.8 Å². The Morgan fingerprint density at radius 3 is 2.16 bits per heavy atom. The summed E-state index contributed by atoms with van der Waals surface area (Å²) >= 11 is 5.97. The number of methoxy groups -OCH3 is 3. The fourth-order valence-electron chi connectivity index (χ4n) is 3.96. The van der Waals surface area contributed by atoms with Crippen molar-refractivity contribution in [1.29, 1.82) is 0 Å². The van der Waals surface area contributed by atoms with Gasteiger partial charge in [0, 0.05) is 30.0 Å². The smallest absolute Gasteiger partial charge is 0.244 e. The predicted octanol–water partition coefficient (Wildman–Crippen LogP) is 3.96. The van der Waals surface area contributed by atoms with Crippen molar-refractivity contribution in [3.05, 3.63) is 71.0 Å². The number of sulfonamides is 1. The van der Waals surface area contributed by atoms with E-state index in [-0.39, 0.29) is 4.90 Å². The molecule has 2 aromatic carbocycles. The van der Waals surface area contributed by atoms with Crippen molar-refractivity contribution in [2.24, 2.45) is 0 Å². The van der Waals surface area contributed by atoms with Gasteiger partial charge in [-0.2, -0.15) is 4.31 Å². The van der Waals surface area contributed by atoms with Gasteiger partial charge in [-0.15, -0.1) is 0 Å². The van der Waals surface area contributed by atoms with Crippen molar-refractivity contribution in [3.8, 4) is 17.2 Å². The summed E-state index contributed by atoms with van der Waals surface area (Å²) in [4.78, 5) is 0.189. The summed E-state index contributed by atoms with van der Waals surface area (Å²) < 4.78 is 47.3. The van der Waals surface area contributed by atoms with Crippen LogP contribution in [-0.2, 0) is 16.6 Å². The molecule has 0 aliphatic carbocycles. The zero-order valence-corrected chi connectivity index (χ0v) is 19.0. The molecule has 0 fully saturated rings. The van der Waals surface area contributed by atoms with Crippen LogP contribution < -0.4 is 14.2 Å². The molecule has 0 amide bonds. The van der Waals surface area contributed by atoms with E-state index in [1.807, 2.05) is 18.3 Å². The van der Waals surface area contributed by atoms with Gasteiger partial charge < -0.3 is 18.8 Å². The Balaban J connectivity index is 1.90. The van der Waals surface area contributed by atoms with Crippen molar-refractivity contribution in [3.63, 3.8) is 0 Å². The lowest BCUT2D eigenvalue weighted by atomic mass is 10.0. The van der Waals surface area contributed by atoms with E-state index in [4.69, 9.17) is 25.8 Å². The molecule has 0 saturated carbocycles. The molecule has 0 bridgehead atoms. The molecule has 1 atom stereocenters. The summed E-state index contributed by atoms with van der Waals surface area (Å²) in [6.45, 7) is 0.865. The number of nitrogens with zero attached hydrogens (tertiary/aromatic N) is 2. The second-order valence-corrected chi connectivity index (χ2v) is 9.38. The molecular formula is C22H23ClN2O5S. The Kier molecular flexibility index (Phi) is 5.88. The molecule has 1 unspecified atom stereocenters. The number of fused-ring (bicyclic) bond motifs is 1. The molecule has 31 heavy (non-hydrogen) atoms. The number of hydrogen-bond donors (Lipinski definition) is 0. The van der Waals surface area contributed by atoms with Crippen LogP contribution in [0.5, 0.6) is 17.2 Å². The Morgan fingerprint density at radius 1 is 0.935 bits per heavy atom. The van der Waals surface area contributed by atoms with Crippen LogP contribution in [0.15, 0.2) is 59.6 Å². The van der Waals surface area contributed by atoms with E-state index in [2.05, 4.69) is 4.57 Å². The average Bonchev–Trinajstić information content (AvgIpc) is 3.26. The van der Waals surface area contributed by atoms with Crippen molar-refractivity contribution in [1.82, 2.24) is 8.87 Å². The van der Waals surface area contributed by atoms with E-state index in [0.717, 1.165) is 5.69 Å². The minimum atomic E-state index is -3.80. The molecular weight excluding hydrogens is 440 g/mol. The molecule has 7 nitrogen and oxygen atoms in total. The molecule has 0 N–H and O–H groups in total. The molecule has 164 valence electrons. The van der Waals surface area contributed by atoms with Crippen molar-refractivity contribution >= 4 is 21.6 Å². The summed E-state index contributed by atoms with van der Waals surface area (Å²) in [5.41, 5.74) is 1.57. The number of halogens is 1. The van der Waals surface area contributed by atoms with E-state index in [1.165, 1.54) is 37.8 Å². The van der Waals surface area contributed by atoms with Crippen molar-refractivity contribution in [2.45, 2.75) is 17.5 Å². The highest BCUT2D eigenvalue weighted by molar-refractivity contribution is 7.89. The minimum absolute atomic E-state index is 0.189. The molecule has 4 rings (SSSR count). The lowest BCUT2D eigenvalue weighted by Gasteiger charge is -2.36. The average molecular weight is 463 g/mol. The van der Waals surface area contributed by atoms with Crippen molar-refractivity contribution in [2.75, 3.05) is 27.9 Å². The van der Waals surface area contributed by atoms with Crippen LogP contribution in [0.25, 0.3) is 0 Å². The van der Waals surface area contributed by atoms with E-state index in [1.54, 1.807) is 24.3 Å². The summed E-state index contributed by atoms with van der Waals surface area (Å²) in [6.07, 6.45) is 1.95. The highest BCUT2D eigenvalue weighted by Crippen LogP contribution is 2.44. The number of benzene rings is 2. The lowest BCUT2D eigenvalue weighted by Crippen LogP contribution is -2.42. The first-order chi connectivity index (χ1) is 14.9. The molecule has 0 saturated heterocycles. The standard InChI is InChI=1S/C22H23ClN2O5S/c1-28-19-13-15(14-20(29-2)22(19)30-3)21-18-5-4-10-24(18)11-12-25(21)31(26,27)17-8-6-16(23)7-9-17/h4-10,13-14,21H,11-12H2,1-3H3. The largest absolute Gasteiger partial charge is 0.493 e. The van der Waals surface area contributed by atoms with Gasteiger partial charge in [-0.05, 0) is 54.1 Å². The molecule has 0 radical (unpaired) electrons. The maximum atomic E-state index is 13.6. The second-order valence-electron chi connectivity index (χ2n) is 7.06. The van der Waals surface area contributed by atoms with Gasteiger partial charge >= 0.3 is 0 Å². The summed E-state index contributed by atoms with van der Waals surface area (Å²) in [5, 5.41) is 0.479. The van der Waals surface area contributed by atoms with E-state index in [0.29, 0.717) is 40.9 Å². The Labute approximate surface area is 186 Å². The fourth-order valence-corrected chi connectivity index (χ4v) is 5.67. The third-order valence-electron chi connectivity index (χ3n) is 5.42. The quantitative estimate of drug-likeness (QED) is 0.554. The maximum absolute atomic E-state index is 13.6. The van der Waals surface area contributed by atoms with Crippen LogP contribution in [0.2, 0.25) is 5.02 Å². The van der Waals surface area contributed by atoms with Crippen LogP contribution >= 0.6 is 11.6 Å². The molecule has 1 aromatic heterocycles. The first-order valence-electron chi connectivity index (χ1n) is 9.63. The summed E-state index contributed by atoms with van der Waals surface area (Å²) in [5.74, 6) is 1.38. The van der Waals surface area contributed by atoms with E-state index >= 15 is 0 Å². The van der Waals surface area contributed by atoms with Gasteiger partial charge in [-0.1, -0.05) is 11.6 Å². The van der Waals surface area contributed by atoms with Gasteiger partial charge in [-0.3, -0.25) is 0 Å².